The maximum Gasteiger partial charge on any atom is 0.150 e. The third kappa shape index (κ3) is 2.84. The molecule has 0 aliphatic carbocycles. The van der Waals surface area contributed by atoms with Gasteiger partial charge in [-0.05, 0) is 12.1 Å². The van der Waals surface area contributed by atoms with Crippen LogP contribution in [0.4, 0.5) is 5.82 Å². The first-order chi connectivity index (χ1) is 7.25. The number of aromatic nitrogens is 2. The lowest BCUT2D eigenvalue weighted by Crippen LogP contribution is -1.94. The van der Waals surface area contributed by atoms with Crippen molar-refractivity contribution in [2.24, 2.45) is 0 Å². The third-order valence-electron chi connectivity index (χ3n) is 1.68. The predicted octanol–water partition coefficient (Wildman–Crippen LogP) is 3.07. The predicted molar refractivity (Wildman–Crippen MR) is 65.3 cm³/mol. The Morgan fingerprint density at radius 2 is 2.33 bits per heavy atom. The first-order valence-electron chi connectivity index (χ1n) is 4.19. The molecule has 0 spiro atoms. The second-order valence-corrected chi connectivity index (χ2v) is 5.28. The minimum absolute atomic E-state index is 0.495. The SMILES string of the molecule is Nc1ccc(Cl)c(CSc2nccs2)n1. The lowest BCUT2D eigenvalue weighted by atomic mass is 10.4. The Morgan fingerprint density at radius 3 is 3.07 bits per heavy atom. The summed E-state index contributed by atoms with van der Waals surface area (Å²) < 4.78 is 1.01. The van der Waals surface area contributed by atoms with E-state index in [9.17, 15) is 0 Å². The fourth-order valence-corrected chi connectivity index (χ4v) is 2.86. The molecule has 0 aliphatic heterocycles. The van der Waals surface area contributed by atoms with Crippen LogP contribution in [0.2, 0.25) is 5.02 Å². The van der Waals surface area contributed by atoms with Gasteiger partial charge >= 0.3 is 0 Å². The first kappa shape index (κ1) is 10.7. The van der Waals surface area contributed by atoms with E-state index in [2.05, 4.69) is 9.97 Å². The molecule has 0 saturated heterocycles. The van der Waals surface area contributed by atoms with Gasteiger partial charge in [0.2, 0.25) is 0 Å². The van der Waals surface area contributed by atoms with Crippen molar-refractivity contribution in [3.63, 3.8) is 0 Å². The van der Waals surface area contributed by atoms with Gasteiger partial charge in [-0.3, -0.25) is 0 Å². The molecule has 15 heavy (non-hydrogen) atoms. The fraction of sp³-hybridized carbons (Fsp3) is 0.111. The van der Waals surface area contributed by atoms with Gasteiger partial charge in [0.1, 0.15) is 10.2 Å². The van der Waals surface area contributed by atoms with Crippen LogP contribution in [0.15, 0.2) is 28.0 Å². The normalized spacial score (nSPS) is 10.5. The van der Waals surface area contributed by atoms with Gasteiger partial charge in [-0.1, -0.05) is 23.4 Å². The van der Waals surface area contributed by atoms with Gasteiger partial charge in [0.25, 0.3) is 0 Å². The van der Waals surface area contributed by atoms with Crippen molar-refractivity contribution >= 4 is 40.5 Å². The van der Waals surface area contributed by atoms with Crippen molar-refractivity contribution < 1.29 is 0 Å². The number of nitrogens with two attached hydrogens (primary N) is 1. The highest BCUT2D eigenvalue weighted by Gasteiger charge is 2.04. The lowest BCUT2D eigenvalue weighted by Gasteiger charge is -2.02. The lowest BCUT2D eigenvalue weighted by molar-refractivity contribution is 1.17. The highest BCUT2D eigenvalue weighted by atomic mass is 35.5. The summed E-state index contributed by atoms with van der Waals surface area (Å²) in [5, 5.41) is 2.59. The van der Waals surface area contributed by atoms with Crippen molar-refractivity contribution in [2.45, 2.75) is 10.1 Å². The van der Waals surface area contributed by atoms with E-state index in [0.29, 0.717) is 16.6 Å². The molecule has 2 heterocycles. The molecule has 78 valence electrons. The largest absolute Gasteiger partial charge is 0.384 e. The van der Waals surface area contributed by atoms with E-state index in [-0.39, 0.29) is 0 Å². The molecule has 0 saturated carbocycles. The molecule has 0 bridgehead atoms. The Balaban J connectivity index is 2.07. The zero-order valence-corrected chi connectivity index (χ0v) is 10.1. The Hall–Kier alpha value is -0.780. The van der Waals surface area contributed by atoms with Gasteiger partial charge in [-0.15, -0.1) is 11.3 Å². The summed E-state index contributed by atoms with van der Waals surface area (Å²) in [6.45, 7) is 0. The molecular formula is C9H8ClN3S2. The van der Waals surface area contributed by atoms with Crippen LogP contribution in [0.5, 0.6) is 0 Å². The van der Waals surface area contributed by atoms with Gasteiger partial charge in [0.15, 0.2) is 0 Å². The average molecular weight is 258 g/mol. The van der Waals surface area contributed by atoms with Gasteiger partial charge < -0.3 is 5.73 Å². The van der Waals surface area contributed by atoms with Crippen molar-refractivity contribution in [1.29, 1.82) is 0 Å². The second-order valence-electron chi connectivity index (χ2n) is 2.75. The first-order valence-corrected chi connectivity index (χ1v) is 6.43. The Bertz CT molecular complexity index is 445. The van der Waals surface area contributed by atoms with Crippen LogP contribution in [0.25, 0.3) is 0 Å². The summed E-state index contributed by atoms with van der Waals surface area (Å²) in [6.07, 6.45) is 1.78. The molecule has 0 aliphatic rings. The summed E-state index contributed by atoms with van der Waals surface area (Å²) >= 11 is 9.20. The zero-order valence-electron chi connectivity index (χ0n) is 7.68. The second kappa shape index (κ2) is 4.83. The van der Waals surface area contributed by atoms with Crippen LogP contribution in [0, 0.1) is 0 Å². The number of halogens is 1. The molecule has 2 rings (SSSR count). The molecule has 2 N–H and O–H groups in total. The van der Waals surface area contributed by atoms with E-state index in [0.717, 1.165) is 10.0 Å². The number of rotatable bonds is 3. The average Bonchev–Trinajstić information content (AvgIpc) is 2.72. The van der Waals surface area contributed by atoms with Gasteiger partial charge in [-0.25, -0.2) is 9.97 Å². The third-order valence-corrected chi connectivity index (χ3v) is 4.00. The molecule has 2 aromatic rings. The highest BCUT2D eigenvalue weighted by Crippen LogP contribution is 2.27. The van der Waals surface area contributed by atoms with E-state index >= 15 is 0 Å². The topological polar surface area (TPSA) is 51.8 Å². The monoisotopic (exact) mass is 257 g/mol. The van der Waals surface area contributed by atoms with Crippen molar-refractivity contribution in [3.8, 4) is 0 Å². The van der Waals surface area contributed by atoms with E-state index in [1.54, 1.807) is 41.4 Å². The summed E-state index contributed by atoms with van der Waals surface area (Å²) in [5.41, 5.74) is 6.39. The summed E-state index contributed by atoms with van der Waals surface area (Å²) in [6, 6.07) is 3.46. The Kier molecular flexibility index (Phi) is 3.45. The van der Waals surface area contributed by atoms with Crippen LogP contribution >= 0.6 is 34.7 Å². The molecule has 2 aromatic heterocycles. The number of thiazole rings is 1. The van der Waals surface area contributed by atoms with Gasteiger partial charge in [0.05, 0.1) is 10.7 Å². The summed E-state index contributed by atoms with van der Waals surface area (Å²) in [7, 11) is 0. The standard InChI is InChI=1S/C9H8ClN3S2/c10-6-1-2-8(11)13-7(6)5-15-9-12-3-4-14-9/h1-4H,5H2,(H2,11,13). The zero-order chi connectivity index (χ0) is 10.7. The number of pyridine rings is 1. The number of hydrogen-bond acceptors (Lipinski definition) is 5. The van der Waals surface area contributed by atoms with Crippen LogP contribution < -0.4 is 5.73 Å². The Morgan fingerprint density at radius 1 is 1.47 bits per heavy atom. The van der Waals surface area contributed by atoms with Crippen molar-refractivity contribution in [3.05, 3.63) is 34.4 Å². The molecule has 0 radical (unpaired) electrons. The van der Waals surface area contributed by atoms with Gasteiger partial charge in [-0.2, -0.15) is 0 Å². The Labute approximate surface area is 101 Å². The number of hydrogen-bond donors (Lipinski definition) is 1. The molecule has 0 amide bonds. The number of nitrogens with zero attached hydrogens (tertiary/aromatic N) is 2. The van der Waals surface area contributed by atoms with Crippen molar-refractivity contribution in [1.82, 2.24) is 9.97 Å². The van der Waals surface area contributed by atoms with Crippen LogP contribution in [-0.4, -0.2) is 9.97 Å². The maximum absolute atomic E-state index is 5.99. The van der Waals surface area contributed by atoms with Crippen LogP contribution in [-0.2, 0) is 5.75 Å². The summed E-state index contributed by atoms with van der Waals surface area (Å²) in [4.78, 5) is 8.34. The van der Waals surface area contributed by atoms with E-state index in [4.69, 9.17) is 17.3 Å². The highest BCUT2D eigenvalue weighted by molar-refractivity contribution is 8.00. The maximum atomic E-state index is 5.99. The molecule has 6 heteroatoms. The molecule has 0 fully saturated rings. The number of thioether (sulfide) groups is 1. The number of anilines is 1. The fourth-order valence-electron chi connectivity index (χ4n) is 1.01. The molecule has 3 nitrogen and oxygen atoms in total. The number of nitrogen functional groups attached to an aromatic ring is 1. The minimum Gasteiger partial charge on any atom is -0.384 e. The molecular weight excluding hydrogens is 250 g/mol. The smallest absolute Gasteiger partial charge is 0.150 e. The van der Waals surface area contributed by atoms with E-state index in [1.165, 1.54) is 0 Å². The molecule has 0 unspecified atom stereocenters. The van der Waals surface area contributed by atoms with Crippen molar-refractivity contribution in [2.75, 3.05) is 5.73 Å². The van der Waals surface area contributed by atoms with E-state index < -0.39 is 0 Å². The van der Waals surface area contributed by atoms with Crippen LogP contribution in [0.1, 0.15) is 5.69 Å². The molecule has 0 atom stereocenters. The molecule has 0 aromatic carbocycles. The quantitative estimate of drug-likeness (QED) is 0.859. The minimum atomic E-state index is 0.495. The van der Waals surface area contributed by atoms with E-state index in [1.807, 2.05) is 5.38 Å². The summed E-state index contributed by atoms with van der Waals surface area (Å²) in [5.74, 6) is 1.19. The van der Waals surface area contributed by atoms with Crippen LogP contribution in [0.3, 0.4) is 0 Å². The van der Waals surface area contributed by atoms with Gasteiger partial charge in [0, 0.05) is 17.3 Å².